The van der Waals surface area contributed by atoms with Crippen LogP contribution in [0.4, 0.5) is 0 Å². The molecule has 0 aromatic carbocycles. The largest absolute Gasteiger partial charge is 0.309 e. The fraction of sp³-hybridized carbons (Fsp3) is 0.600. The molecule has 1 aromatic rings. The first-order valence-electron chi connectivity index (χ1n) is 5.02. The van der Waals surface area contributed by atoms with Gasteiger partial charge < -0.3 is 5.32 Å². The summed E-state index contributed by atoms with van der Waals surface area (Å²) in [4.78, 5) is 1.16. The second-order valence-corrected chi connectivity index (χ2v) is 7.97. The normalized spacial score (nSPS) is 13.9. The molecule has 1 aromatic heterocycles. The highest BCUT2D eigenvalue weighted by atomic mass is 35.5. The smallest absolute Gasteiger partial charge is 0.147 e. The van der Waals surface area contributed by atoms with Gasteiger partial charge in [-0.2, -0.15) is 0 Å². The molecule has 0 spiro atoms. The van der Waals surface area contributed by atoms with Gasteiger partial charge in [-0.05, 0) is 25.5 Å². The standard InChI is InChI=1S/C10H16ClNO2S2/c1-8(5-6-16(2,13)14)12-7-9-3-4-10(11)15-9/h3-4,8,12H,5-7H2,1-2H3. The van der Waals surface area contributed by atoms with E-state index in [1.165, 1.54) is 17.6 Å². The number of halogens is 1. The van der Waals surface area contributed by atoms with E-state index < -0.39 is 9.84 Å². The summed E-state index contributed by atoms with van der Waals surface area (Å²) in [7, 11) is -2.86. The van der Waals surface area contributed by atoms with Gasteiger partial charge in [0.2, 0.25) is 0 Å². The second-order valence-electron chi connectivity index (χ2n) is 3.91. The summed E-state index contributed by atoms with van der Waals surface area (Å²) < 4.78 is 22.7. The number of hydrogen-bond acceptors (Lipinski definition) is 4. The average molecular weight is 282 g/mol. The fourth-order valence-electron chi connectivity index (χ4n) is 1.21. The molecule has 0 bridgehead atoms. The minimum absolute atomic E-state index is 0.190. The first-order chi connectivity index (χ1) is 7.37. The molecule has 0 radical (unpaired) electrons. The van der Waals surface area contributed by atoms with Gasteiger partial charge in [-0.15, -0.1) is 11.3 Å². The van der Waals surface area contributed by atoms with E-state index >= 15 is 0 Å². The minimum atomic E-state index is -2.86. The summed E-state index contributed by atoms with van der Waals surface area (Å²) in [5, 5.41) is 3.27. The van der Waals surface area contributed by atoms with Gasteiger partial charge >= 0.3 is 0 Å². The molecular formula is C10H16ClNO2S2. The zero-order chi connectivity index (χ0) is 12.2. The summed E-state index contributed by atoms with van der Waals surface area (Å²) in [5.74, 6) is 0.229. The summed E-state index contributed by atoms with van der Waals surface area (Å²) >= 11 is 7.35. The van der Waals surface area contributed by atoms with E-state index in [2.05, 4.69) is 5.32 Å². The lowest BCUT2D eigenvalue weighted by Crippen LogP contribution is -2.27. The van der Waals surface area contributed by atoms with Crippen LogP contribution in [0.25, 0.3) is 0 Å². The van der Waals surface area contributed by atoms with E-state index in [0.717, 1.165) is 15.8 Å². The van der Waals surface area contributed by atoms with Crippen LogP contribution in [0.5, 0.6) is 0 Å². The minimum Gasteiger partial charge on any atom is -0.309 e. The van der Waals surface area contributed by atoms with Crippen LogP contribution in [0.2, 0.25) is 4.34 Å². The van der Waals surface area contributed by atoms with Crippen molar-refractivity contribution in [3.63, 3.8) is 0 Å². The lowest BCUT2D eigenvalue weighted by molar-refractivity contribution is 0.530. The van der Waals surface area contributed by atoms with Crippen LogP contribution >= 0.6 is 22.9 Å². The first-order valence-corrected chi connectivity index (χ1v) is 8.27. The van der Waals surface area contributed by atoms with Crippen molar-refractivity contribution in [3.8, 4) is 0 Å². The quantitative estimate of drug-likeness (QED) is 0.870. The van der Waals surface area contributed by atoms with Crippen LogP contribution in [-0.4, -0.2) is 26.5 Å². The van der Waals surface area contributed by atoms with Gasteiger partial charge in [0.15, 0.2) is 0 Å². The number of hydrogen-bond donors (Lipinski definition) is 1. The second kappa shape index (κ2) is 6.00. The Labute approximate surface area is 106 Å². The molecular weight excluding hydrogens is 266 g/mol. The predicted octanol–water partition coefficient (Wildman–Crippen LogP) is 2.31. The van der Waals surface area contributed by atoms with Crippen molar-refractivity contribution in [2.75, 3.05) is 12.0 Å². The number of sulfone groups is 1. The van der Waals surface area contributed by atoms with Crippen LogP contribution in [0, 0.1) is 0 Å². The summed E-state index contributed by atoms with van der Waals surface area (Å²) in [6, 6.07) is 4.03. The molecule has 6 heteroatoms. The third kappa shape index (κ3) is 5.84. The molecule has 1 heterocycles. The third-order valence-corrected chi connectivity index (χ3v) is 4.38. The fourth-order valence-corrected chi connectivity index (χ4v) is 3.03. The van der Waals surface area contributed by atoms with E-state index in [9.17, 15) is 8.42 Å². The molecule has 0 aliphatic heterocycles. The van der Waals surface area contributed by atoms with Gasteiger partial charge in [0.1, 0.15) is 9.84 Å². The van der Waals surface area contributed by atoms with E-state index in [1.54, 1.807) is 0 Å². The van der Waals surface area contributed by atoms with Gasteiger partial charge in [-0.3, -0.25) is 0 Å². The molecule has 0 saturated heterocycles. The van der Waals surface area contributed by atoms with Crippen molar-refractivity contribution >= 4 is 32.8 Å². The molecule has 3 nitrogen and oxygen atoms in total. The van der Waals surface area contributed by atoms with Gasteiger partial charge in [0.05, 0.1) is 10.1 Å². The molecule has 0 fully saturated rings. The van der Waals surface area contributed by atoms with Crippen molar-refractivity contribution in [3.05, 3.63) is 21.3 Å². The molecule has 1 unspecified atom stereocenters. The maximum atomic E-state index is 11.0. The zero-order valence-electron chi connectivity index (χ0n) is 9.36. The van der Waals surface area contributed by atoms with Crippen LogP contribution in [-0.2, 0) is 16.4 Å². The molecule has 0 saturated carbocycles. The van der Waals surface area contributed by atoms with E-state index in [1.807, 2.05) is 19.1 Å². The third-order valence-electron chi connectivity index (χ3n) is 2.18. The number of rotatable bonds is 6. The zero-order valence-corrected chi connectivity index (χ0v) is 11.8. The number of thiophene rings is 1. The molecule has 1 N–H and O–H groups in total. The Morgan fingerprint density at radius 1 is 1.50 bits per heavy atom. The van der Waals surface area contributed by atoms with Gasteiger partial charge in [-0.25, -0.2) is 8.42 Å². The first kappa shape index (κ1) is 14.0. The van der Waals surface area contributed by atoms with Crippen molar-refractivity contribution < 1.29 is 8.42 Å². The van der Waals surface area contributed by atoms with Crippen molar-refractivity contribution in [1.82, 2.24) is 5.32 Å². The molecule has 1 rings (SSSR count). The highest BCUT2D eigenvalue weighted by Gasteiger charge is 2.07. The maximum absolute atomic E-state index is 11.0. The van der Waals surface area contributed by atoms with Crippen molar-refractivity contribution in [1.29, 1.82) is 0 Å². The van der Waals surface area contributed by atoms with E-state index in [0.29, 0.717) is 6.42 Å². The Morgan fingerprint density at radius 2 is 2.19 bits per heavy atom. The molecule has 16 heavy (non-hydrogen) atoms. The lowest BCUT2D eigenvalue weighted by Gasteiger charge is -2.11. The summed E-state index contributed by atoms with van der Waals surface area (Å²) in [5.41, 5.74) is 0. The Hall–Kier alpha value is -0.100. The van der Waals surface area contributed by atoms with Gasteiger partial charge in [0, 0.05) is 23.7 Å². The molecule has 0 aliphatic rings. The Morgan fingerprint density at radius 3 is 2.69 bits per heavy atom. The predicted molar refractivity (Wildman–Crippen MR) is 70.0 cm³/mol. The molecule has 1 atom stereocenters. The average Bonchev–Trinajstić information content (AvgIpc) is 2.57. The van der Waals surface area contributed by atoms with Crippen LogP contribution < -0.4 is 5.32 Å². The van der Waals surface area contributed by atoms with E-state index in [-0.39, 0.29) is 11.8 Å². The highest BCUT2D eigenvalue weighted by Crippen LogP contribution is 2.21. The SMILES string of the molecule is CC(CCS(C)(=O)=O)NCc1ccc(Cl)s1. The number of nitrogens with one attached hydrogen (secondary N) is 1. The Bertz CT molecular complexity index is 428. The molecule has 0 amide bonds. The summed E-state index contributed by atoms with van der Waals surface area (Å²) in [6.45, 7) is 2.72. The Balaban J connectivity index is 2.28. The highest BCUT2D eigenvalue weighted by molar-refractivity contribution is 7.90. The maximum Gasteiger partial charge on any atom is 0.147 e. The lowest BCUT2D eigenvalue weighted by atomic mass is 10.2. The van der Waals surface area contributed by atoms with Gasteiger partial charge in [-0.1, -0.05) is 11.6 Å². The molecule has 92 valence electrons. The van der Waals surface area contributed by atoms with E-state index in [4.69, 9.17) is 11.6 Å². The van der Waals surface area contributed by atoms with Crippen molar-refractivity contribution in [2.24, 2.45) is 0 Å². The van der Waals surface area contributed by atoms with Crippen molar-refractivity contribution in [2.45, 2.75) is 25.9 Å². The van der Waals surface area contributed by atoms with Crippen LogP contribution in [0.15, 0.2) is 12.1 Å². The Kier molecular flexibility index (Phi) is 5.24. The summed E-state index contributed by atoms with van der Waals surface area (Å²) in [6.07, 6.45) is 1.90. The van der Waals surface area contributed by atoms with Gasteiger partial charge in [0.25, 0.3) is 0 Å². The molecule has 0 aliphatic carbocycles. The van der Waals surface area contributed by atoms with Crippen LogP contribution in [0.3, 0.4) is 0 Å². The van der Waals surface area contributed by atoms with Crippen LogP contribution in [0.1, 0.15) is 18.2 Å². The monoisotopic (exact) mass is 281 g/mol. The topological polar surface area (TPSA) is 46.2 Å².